The fraction of sp³-hybridized carbons (Fsp3) is 0.226. The number of fused-ring (bicyclic) bond motifs is 1. The molecule has 1 aliphatic rings. The summed E-state index contributed by atoms with van der Waals surface area (Å²) >= 11 is 0. The third-order valence-electron chi connectivity index (χ3n) is 7.18. The van der Waals surface area contributed by atoms with Gasteiger partial charge in [-0.25, -0.2) is 9.50 Å². The van der Waals surface area contributed by atoms with Crippen LogP contribution < -0.4 is 14.4 Å². The molecule has 0 N–H and O–H groups in total. The minimum absolute atomic E-state index is 0.0861. The number of aryl methyl sites for hydroxylation is 1. The molecule has 0 saturated carbocycles. The molecule has 0 atom stereocenters. The molecular formula is C31H27N7O2. The summed E-state index contributed by atoms with van der Waals surface area (Å²) in [5.74, 6) is 4.97. The van der Waals surface area contributed by atoms with Gasteiger partial charge in [0.15, 0.2) is 0 Å². The zero-order valence-electron chi connectivity index (χ0n) is 22.3. The average Bonchev–Trinajstić information content (AvgIpc) is 3.63. The topological polar surface area (TPSA) is 93.5 Å². The Balaban J connectivity index is 1.20. The lowest BCUT2D eigenvalue weighted by atomic mass is 10.0. The van der Waals surface area contributed by atoms with Crippen molar-refractivity contribution >= 4 is 11.3 Å². The molecule has 5 aromatic rings. The number of nitrogens with zero attached hydrogens (tertiary/aromatic N) is 7. The lowest BCUT2D eigenvalue weighted by Gasteiger charge is -2.33. The Kier molecular flexibility index (Phi) is 6.55. The van der Waals surface area contributed by atoms with Gasteiger partial charge in [-0.1, -0.05) is 5.92 Å². The fourth-order valence-corrected chi connectivity index (χ4v) is 5.12. The molecule has 6 rings (SSSR count). The normalized spacial score (nSPS) is 13.7. The van der Waals surface area contributed by atoms with E-state index in [-0.39, 0.29) is 6.10 Å². The first-order valence-corrected chi connectivity index (χ1v) is 13.0. The number of piperidine rings is 1. The maximum Gasteiger partial charge on any atom is 0.128 e. The summed E-state index contributed by atoms with van der Waals surface area (Å²) in [6, 6.07) is 14.0. The van der Waals surface area contributed by atoms with Gasteiger partial charge in [0.1, 0.15) is 29.5 Å². The highest BCUT2D eigenvalue weighted by atomic mass is 16.5. The number of benzene rings is 1. The van der Waals surface area contributed by atoms with Crippen LogP contribution >= 0.6 is 0 Å². The van der Waals surface area contributed by atoms with Crippen molar-refractivity contribution in [2.24, 2.45) is 7.05 Å². The highest BCUT2D eigenvalue weighted by Crippen LogP contribution is 2.33. The molecule has 0 radical (unpaired) electrons. The van der Waals surface area contributed by atoms with Crippen molar-refractivity contribution in [2.45, 2.75) is 18.9 Å². The van der Waals surface area contributed by atoms with Gasteiger partial charge in [0.2, 0.25) is 0 Å². The number of anilines is 1. The Labute approximate surface area is 232 Å². The Morgan fingerprint density at radius 2 is 1.77 bits per heavy atom. The Hall–Kier alpha value is -5.28. The van der Waals surface area contributed by atoms with Crippen molar-refractivity contribution in [3.63, 3.8) is 0 Å². The zero-order valence-corrected chi connectivity index (χ0v) is 22.3. The first kappa shape index (κ1) is 25.0. The molecule has 0 spiro atoms. The predicted octanol–water partition coefficient (Wildman–Crippen LogP) is 4.71. The highest BCUT2D eigenvalue weighted by Gasteiger charge is 2.22. The monoisotopic (exact) mass is 529 g/mol. The predicted molar refractivity (Wildman–Crippen MR) is 152 cm³/mol. The van der Waals surface area contributed by atoms with Crippen LogP contribution in [0.25, 0.3) is 27.8 Å². The van der Waals surface area contributed by atoms with E-state index < -0.39 is 0 Å². The Morgan fingerprint density at radius 3 is 2.45 bits per heavy atom. The maximum absolute atomic E-state index is 9.70. The van der Waals surface area contributed by atoms with E-state index in [9.17, 15) is 5.26 Å². The van der Waals surface area contributed by atoms with Crippen LogP contribution in [0.4, 0.5) is 5.82 Å². The molecule has 5 heterocycles. The van der Waals surface area contributed by atoms with Gasteiger partial charge in [-0.2, -0.15) is 15.5 Å². The number of aromatic nitrogens is 5. The van der Waals surface area contributed by atoms with Gasteiger partial charge >= 0.3 is 0 Å². The largest absolute Gasteiger partial charge is 0.497 e. The third-order valence-corrected chi connectivity index (χ3v) is 7.18. The summed E-state index contributed by atoms with van der Waals surface area (Å²) in [7, 11) is 3.50. The molecule has 1 aliphatic heterocycles. The minimum atomic E-state index is 0.0861. The zero-order chi connectivity index (χ0) is 27.6. The maximum atomic E-state index is 9.70. The molecule has 0 bridgehead atoms. The van der Waals surface area contributed by atoms with Gasteiger partial charge in [0.05, 0.1) is 30.6 Å². The molecule has 4 aromatic heterocycles. The number of hydrogen-bond acceptors (Lipinski definition) is 7. The first-order valence-electron chi connectivity index (χ1n) is 13.0. The standard InChI is InChI=1S/C31H27N7O2/c1-4-21-11-27(39-3)14-28(12-21)40-26-7-9-37(10-8-26)30-6-5-22(16-33-30)29-13-23(25-18-34-36(2)19-25)20-38-31(29)24(15-32)17-35-38/h1,5-6,11-14,16-20,26H,7-10H2,2-3H3. The smallest absolute Gasteiger partial charge is 0.128 e. The average molecular weight is 530 g/mol. The molecule has 9 nitrogen and oxygen atoms in total. The quantitative estimate of drug-likeness (QED) is 0.294. The van der Waals surface area contributed by atoms with Gasteiger partial charge < -0.3 is 14.4 Å². The van der Waals surface area contributed by atoms with E-state index in [4.69, 9.17) is 20.9 Å². The number of nitriles is 1. The molecule has 40 heavy (non-hydrogen) atoms. The van der Waals surface area contributed by atoms with E-state index in [0.717, 1.165) is 70.8 Å². The molecule has 0 unspecified atom stereocenters. The summed E-state index contributed by atoms with van der Waals surface area (Å²) in [5, 5.41) is 18.4. The number of rotatable bonds is 6. The lowest BCUT2D eigenvalue weighted by Crippen LogP contribution is -2.38. The van der Waals surface area contributed by atoms with Crippen molar-refractivity contribution in [3.05, 3.63) is 78.5 Å². The molecule has 0 amide bonds. The van der Waals surface area contributed by atoms with Crippen LogP contribution in [0.1, 0.15) is 24.0 Å². The van der Waals surface area contributed by atoms with Gasteiger partial charge in [-0.15, -0.1) is 6.42 Å². The van der Waals surface area contributed by atoms with Crippen molar-refractivity contribution < 1.29 is 9.47 Å². The van der Waals surface area contributed by atoms with E-state index in [1.165, 1.54) is 0 Å². The second-order valence-corrected chi connectivity index (χ2v) is 9.76. The summed E-state index contributed by atoms with van der Waals surface area (Å²) < 4.78 is 15.1. The molecule has 198 valence electrons. The van der Waals surface area contributed by atoms with Crippen molar-refractivity contribution in [1.82, 2.24) is 24.4 Å². The van der Waals surface area contributed by atoms with Gasteiger partial charge in [-0.3, -0.25) is 4.68 Å². The Bertz CT molecular complexity index is 1760. The van der Waals surface area contributed by atoms with Gasteiger partial charge in [0, 0.05) is 85.5 Å². The molecule has 9 heteroatoms. The molecular weight excluding hydrogens is 502 g/mol. The second-order valence-electron chi connectivity index (χ2n) is 9.76. The number of hydrogen-bond donors (Lipinski definition) is 0. The first-order chi connectivity index (χ1) is 19.5. The molecule has 1 aromatic carbocycles. The summed E-state index contributed by atoms with van der Waals surface area (Å²) in [4.78, 5) is 7.07. The van der Waals surface area contributed by atoms with Crippen LogP contribution in [0, 0.1) is 23.7 Å². The van der Waals surface area contributed by atoms with E-state index in [0.29, 0.717) is 11.3 Å². The summed E-state index contributed by atoms with van der Waals surface area (Å²) in [5.41, 5.74) is 5.75. The van der Waals surface area contributed by atoms with Crippen LogP contribution in [0.15, 0.2) is 67.4 Å². The number of ether oxygens (including phenoxy) is 2. The third kappa shape index (κ3) is 4.81. The van der Waals surface area contributed by atoms with Crippen LogP contribution in [-0.2, 0) is 7.05 Å². The van der Waals surface area contributed by atoms with Crippen LogP contribution in [-0.4, -0.2) is 50.7 Å². The Morgan fingerprint density at radius 1 is 0.950 bits per heavy atom. The van der Waals surface area contributed by atoms with Gasteiger partial charge in [-0.05, 0) is 30.3 Å². The number of terminal acetylenes is 1. The van der Waals surface area contributed by atoms with E-state index in [2.05, 4.69) is 39.2 Å². The second kappa shape index (κ2) is 10.5. The van der Waals surface area contributed by atoms with Crippen molar-refractivity contribution in [3.8, 4) is 52.2 Å². The van der Waals surface area contributed by atoms with E-state index in [1.807, 2.05) is 56.1 Å². The highest BCUT2D eigenvalue weighted by molar-refractivity contribution is 5.87. The van der Waals surface area contributed by atoms with E-state index in [1.54, 1.807) is 22.5 Å². The van der Waals surface area contributed by atoms with Crippen LogP contribution in [0.3, 0.4) is 0 Å². The van der Waals surface area contributed by atoms with E-state index >= 15 is 0 Å². The number of methoxy groups -OCH3 is 1. The van der Waals surface area contributed by atoms with Crippen molar-refractivity contribution in [2.75, 3.05) is 25.1 Å². The fourth-order valence-electron chi connectivity index (χ4n) is 5.12. The molecule has 0 aliphatic carbocycles. The lowest BCUT2D eigenvalue weighted by molar-refractivity contribution is 0.170. The van der Waals surface area contributed by atoms with Crippen LogP contribution in [0.2, 0.25) is 0 Å². The summed E-state index contributed by atoms with van der Waals surface area (Å²) in [6.07, 6.45) is 16.5. The molecule has 1 saturated heterocycles. The number of pyridine rings is 2. The van der Waals surface area contributed by atoms with Gasteiger partial charge in [0.25, 0.3) is 0 Å². The van der Waals surface area contributed by atoms with Crippen LogP contribution in [0.5, 0.6) is 11.5 Å². The summed E-state index contributed by atoms with van der Waals surface area (Å²) in [6.45, 7) is 1.65. The minimum Gasteiger partial charge on any atom is -0.497 e. The molecule has 1 fully saturated rings. The van der Waals surface area contributed by atoms with Crippen molar-refractivity contribution in [1.29, 1.82) is 5.26 Å². The SMILES string of the molecule is C#Cc1cc(OC)cc(OC2CCN(c3ccc(-c4cc(-c5cnn(C)c5)cn5ncc(C#N)c45)cn3)CC2)c1.